The van der Waals surface area contributed by atoms with Crippen molar-refractivity contribution in [3.8, 4) is 0 Å². The van der Waals surface area contributed by atoms with Gasteiger partial charge in [-0.25, -0.2) is 4.98 Å². The lowest BCUT2D eigenvalue weighted by Gasteiger charge is -2.19. The van der Waals surface area contributed by atoms with E-state index in [9.17, 15) is 0 Å². The summed E-state index contributed by atoms with van der Waals surface area (Å²) in [4.78, 5) is 15.7. The van der Waals surface area contributed by atoms with Crippen LogP contribution in [0.25, 0.3) is 10.9 Å². The van der Waals surface area contributed by atoms with Crippen LogP contribution in [0.15, 0.2) is 72.9 Å². The lowest BCUT2D eigenvalue weighted by atomic mass is 10.2. The highest BCUT2D eigenvalue weighted by molar-refractivity contribution is 5.91. The molecule has 2 aromatic heterocycles. The minimum absolute atomic E-state index is 0.556. The van der Waals surface area contributed by atoms with Gasteiger partial charge in [0.1, 0.15) is 5.82 Å². The van der Waals surface area contributed by atoms with Gasteiger partial charge in [-0.2, -0.15) is 4.98 Å². The molecule has 0 fully saturated rings. The molecule has 128 valence electrons. The minimum Gasteiger partial charge on any atom is -0.329 e. The molecule has 0 amide bonds. The fourth-order valence-corrected chi connectivity index (χ4v) is 2.89. The van der Waals surface area contributed by atoms with Gasteiger partial charge in [0.05, 0.1) is 11.2 Å². The molecular weight excluding hydrogens is 322 g/mol. The van der Waals surface area contributed by atoms with Crippen molar-refractivity contribution in [2.24, 2.45) is 0 Å². The number of aromatic nitrogens is 3. The number of rotatable bonds is 4. The lowest BCUT2D eigenvalue weighted by molar-refractivity contribution is 1.05. The van der Waals surface area contributed by atoms with E-state index in [-0.39, 0.29) is 0 Å². The summed E-state index contributed by atoms with van der Waals surface area (Å²) in [5, 5.41) is 4.40. The summed E-state index contributed by atoms with van der Waals surface area (Å²) in [7, 11) is 2.00. The van der Waals surface area contributed by atoms with E-state index in [1.165, 1.54) is 0 Å². The fourth-order valence-electron chi connectivity index (χ4n) is 2.89. The first-order valence-electron chi connectivity index (χ1n) is 8.46. The van der Waals surface area contributed by atoms with E-state index in [4.69, 9.17) is 0 Å². The van der Waals surface area contributed by atoms with Crippen LogP contribution in [0.2, 0.25) is 0 Å². The van der Waals surface area contributed by atoms with Gasteiger partial charge in [0.15, 0.2) is 0 Å². The average Bonchev–Trinajstić information content (AvgIpc) is 2.68. The maximum absolute atomic E-state index is 4.69. The summed E-state index contributed by atoms with van der Waals surface area (Å²) in [6.07, 6.45) is 1.79. The molecule has 0 radical (unpaired) electrons. The number of para-hydroxylation sites is 2. The minimum atomic E-state index is 0.556. The summed E-state index contributed by atoms with van der Waals surface area (Å²) in [6, 6.07) is 22.1. The zero-order valence-corrected chi connectivity index (χ0v) is 14.7. The first-order chi connectivity index (χ1) is 12.7. The van der Waals surface area contributed by atoms with E-state index in [0.717, 1.165) is 33.8 Å². The molecule has 0 bridgehead atoms. The normalized spacial score (nSPS) is 10.7. The molecule has 0 atom stereocenters. The van der Waals surface area contributed by atoms with Crippen LogP contribution in [0, 0.1) is 6.92 Å². The van der Waals surface area contributed by atoms with Crippen molar-refractivity contribution in [2.45, 2.75) is 6.92 Å². The van der Waals surface area contributed by atoms with Crippen LogP contribution >= 0.6 is 0 Å². The van der Waals surface area contributed by atoms with Crippen molar-refractivity contribution in [1.82, 2.24) is 15.0 Å². The molecule has 4 aromatic rings. The number of hydrogen-bond donors (Lipinski definition) is 1. The van der Waals surface area contributed by atoms with E-state index < -0.39 is 0 Å². The number of aryl methyl sites for hydroxylation is 1. The maximum atomic E-state index is 4.69. The molecule has 0 spiro atoms. The Balaban J connectivity index is 1.70. The van der Waals surface area contributed by atoms with E-state index in [2.05, 4.69) is 32.4 Å². The number of nitrogens with one attached hydrogen (secondary N) is 1. The molecule has 0 unspecified atom stereocenters. The fraction of sp³-hybridized carbons (Fsp3) is 0.0952. The monoisotopic (exact) mass is 341 g/mol. The molecule has 2 aromatic carbocycles. The number of hydrogen-bond acceptors (Lipinski definition) is 5. The Kier molecular flexibility index (Phi) is 4.19. The Bertz CT molecular complexity index is 1040. The molecule has 26 heavy (non-hydrogen) atoms. The summed E-state index contributed by atoms with van der Waals surface area (Å²) in [5.74, 6) is 1.39. The van der Waals surface area contributed by atoms with Crippen LogP contribution in [0.4, 0.5) is 23.1 Å². The molecule has 5 nitrogen and oxygen atoms in total. The Hall–Kier alpha value is -3.47. The summed E-state index contributed by atoms with van der Waals surface area (Å²) < 4.78 is 0. The smallest absolute Gasteiger partial charge is 0.229 e. The maximum Gasteiger partial charge on any atom is 0.229 e. The second-order valence-corrected chi connectivity index (χ2v) is 6.09. The van der Waals surface area contributed by atoms with Crippen LogP contribution in [-0.2, 0) is 0 Å². The van der Waals surface area contributed by atoms with Crippen LogP contribution in [-0.4, -0.2) is 22.0 Å². The van der Waals surface area contributed by atoms with Gasteiger partial charge in [0.25, 0.3) is 0 Å². The van der Waals surface area contributed by atoms with Crippen LogP contribution in [0.1, 0.15) is 5.69 Å². The molecule has 0 saturated carbocycles. The average molecular weight is 341 g/mol. The second kappa shape index (κ2) is 6.80. The molecule has 0 aliphatic carbocycles. The zero-order valence-electron chi connectivity index (χ0n) is 14.7. The van der Waals surface area contributed by atoms with Gasteiger partial charge < -0.3 is 10.2 Å². The topological polar surface area (TPSA) is 53.9 Å². The first-order valence-corrected chi connectivity index (χ1v) is 8.46. The Morgan fingerprint density at radius 3 is 2.54 bits per heavy atom. The zero-order chi connectivity index (χ0) is 17.9. The van der Waals surface area contributed by atoms with Gasteiger partial charge in [0.2, 0.25) is 5.95 Å². The van der Waals surface area contributed by atoms with E-state index >= 15 is 0 Å². The molecule has 2 heterocycles. The first kappa shape index (κ1) is 16.0. The molecular formula is C21H19N5. The molecule has 4 rings (SSSR count). The molecule has 0 saturated heterocycles. The lowest BCUT2D eigenvalue weighted by Crippen LogP contribution is -2.13. The molecule has 5 heteroatoms. The van der Waals surface area contributed by atoms with Crippen molar-refractivity contribution >= 4 is 34.0 Å². The summed E-state index contributed by atoms with van der Waals surface area (Å²) in [5.41, 5.74) is 3.76. The van der Waals surface area contributed by atoms with Crippen molar-refractivity contribution < 1.29 is 0 Å². The largest absolute Gasteiger partial charge is 0.329 e. The van der Waals surface area contributed by atoms with Crippen molar-refractivity contribution in [2.75, 3.05) is 17.3 Å². The number of fused-ring (bicyclic) bond motifs is 1. The third-order valence-electron chi connectivity index (χ3n) is 4.21. The van der Waals surface area contributed by atoms with Gasteiger partial charge in [-0.3, -0.25) is 4.98 Å². The highest BCUT2D eigenvalue weighted by Gasteiger charge is 2.10. The third kappa shape index (κ3) is 3.19. The van der Waals surface area contributed by atoms with E-state index in [1.54, 1.807) is 6.20 Å². The Morgan fingerprint density at radius 1 is 0.885 bits per heavy atom. The second-order valence-electron chi connectivity index (χ2n) is 6.09. The van der Waals surface area contributed by atoms with Crippen LogP contribution in [0.3, 0.4) is 0 Å². The number of nitrogens with zero attached hydrogens (tertiary/aromatic N) is 4. The van der Waals surface area contributed by atoms with Crippen LogP contribution in [0.5, 0.6) is 0 Å². The SMILES string of the molecule is Cc1cc(N(C)c2ccccc2)nc(Nc2cccc3cccnc23)n1. The van der Waals surface area contributed by atoms with Gasteiger partial charge >= 0.3 is 0 Å². The van der Waals surface area contributed by atoms with Gasteiger partial charge in [-0.1, -0.05) is 36.4 Å². The summed E-state index contributed by atoms with van der Waals surface area (Å²) >= 11 is 0. The predicted octanol–water partition coefficient (Wildman–Crippen LogP) is 4.84. The Labute approximate surface area is 152 Å². The van der Waals surface area contributed by atoms with Gasteiger partial charge in [0, 0.05) is 36.1 Å². The van der Waals surface area contributed by atoms with Crippen molar-refractivity contribution in [3.05, 3.63) is 78.6 Å². The van der Waals surface area contributed by atoms with E-state index in [1.807, 2.05) is 73.5 Å². The van der Waals surface area contributed by atoms with Gasteiger partial charge in [-0.05, 0) is 31.2 Å². The molecule has 1 N–H and O–H groups in total. The quantitative estimate of drug-likeness (QED) is 0.575. The number of anilines is 4. The summed E-state index contributed by atoms with van der Waals surface area (Å²) in [6.45, 7) is 1.97. The number of pyridine rings is 1. The number of benzene rings is 2. The third-order valence-corrected chi connectivity index (χ3v) is 4.21. The van der Waals surface area contributed by atoms with Crippen LogP contribution < -0.4 is 10.2 Å². The standard InChI is InChI=1S/C21H19N5/c1-15-14-19(26(2)17-10-4-3-5-11-17)25-21(23-15)24-18-12-6-8-16-9-7-13-22-20(16)18/h3-14H,1-2H3,(H,23,24,25). The Morgan fingerprint density at radius 2 is 1.69 bits per heavy atom. The van der Waals surface area contributed by atoms with Gasteiger partial charge in [-0.15, -0.1) is 0 Å². The van der Waals surface area contributed by atoms with E-state index in [0.29, 0.717) is 5.95 Å². The molecule has 0 aliphatic rings. The van der Waals surface area contributed by atoms with Crippen molar-refractivity contribution in [1.29, 1.82) is 0 Å². The highest BCUT2D eigenvalue weighted by atomic mass is 15.2. The molecule has 0 aliphatic heterocycles. The van der Waals surface area contributed by atoms with Crippen molar-refractivity contribution in [3.63, 3.8) is 0 Å². The predicted molar refractivity (Wildman–Crippen MR) is 106 cm³/mol. The highest BCUT2D eigenvalue weighted by Crippen LogP contribution is 2.26.